The van der Waals surface area contributed by atoms with Crippen molar-refractivity contribution < 1.29 is 0 Å². The molecule has 1 aliphatic rings. The summed E-state index contributed by atoms with van der Waals surface area (Å²) in [5, 5.41) is 6.81. The lowest BCUT2D eigenvalue weighted by Crippen LogP contribution is -2.39. The highest BCUT2D eigenvalue weighted by molar-refractivity contribution is 7.09. The van der Waals surface area contributed by atoms with E-state index in [4.69, 9.17) is 5.73 Å². The van der Waals surface area contributed by atoms with Crippen molar-refractivity contribution in [2.75, 3.05) is 6.54 Å². The van der Waals surface area contributed by atoms with Crippen molar-refractivity contribution in [3.8, 4) is 0 Å². The Morgan fingerprint density at radius 1 is 1.56 bits per heavy atom. The molecule has 0 spiro atoms. The molecule has 0 saturated heterocycles. The largest absolute Gasteiger partial charge is 0.328 e. The Morgan fingerprint density at radius 2 is 2.38 bits per heavy atom. The van der Waals surface area contributed by atoms with Gasteiger partial charge in [-0.15, -0.1) is 11.3 Å². The average molecular weight is 239 g/mol. The molecule has 2 atom stereocenters. The lowest BCUT2D eigenvalue weighted by molar-refractivity contribution is 0.354. The summed E-state index contributed by atoms with van der Waals surface area (Å²) >= 11 is 1.71. The summed E-state index contributed by atoms with van der Waals surface area (Å²) in [7, 11) is 0. The van der Waals surface area contributed by atoms with Crippen LogP contribution in [0.15, 0.2) is 11.6 Å². The summed E-state index contributed by atoms with van der Waals surface area (Å²) in [5.74, 6) is 0.745. The molecule has 0 radical (unpaired) electrons. The van der Waals surface area contributed by atoms with E-state index in [1.165, 1.54) is 19.3 Å². The number of hydrogen-bond donors (Lipinski definition) is 2. The molecule has 0 amide bonds. The summed E-state index contributed by atoms with van der Waals surface area (Å²) in [4.78, 5) is 4.38. The van der Waals surface area contributed by atoms with Gasteiger partial charge in [-0.25, -0.2) is 4.98 Å². The van der Waals surface area contributed by atoms with Gasteiger partial charge in [0.1, 0.15) is 5.01 Å². The highest BCUT2D eigenvalue weighted by Crippen LogP contribution is 2.26. The average Bonchev–Trinajstić information content (AvgIpc) is 2.85. The first-order chi connectivity index (χ1) is 7.58. The Balaban J connectivity index is 1.85. The normalized spacial score (nSPS) is 26.2. The summed E-state index contributed by atoms with van der Waals surface area (Å²) in [6.07, 6.45) is 5.49. The first-order valence-corrected chi connectivity index (χ1v) is 6.86. The van der Waals surface area contributed by atoms with E-state index in [2.05, 4.69) is 24.1 Å². The predicted octanol–water partition coefficient (Wildman–Crippen LogP) is 2.10. The van der Waals surface area contributed by atoms with E-state index >= 15 is 0 Å². The number of hydrogen-bond acceptors (Lipinski definition) is 4. The minimum Gasteiger partial charge on any atom is -0.328 e. The summed E-state index contributed by atoms with van der Waals surface area (Å²) in [5.41, 5.74) is 5.91. The minimum atomic E-state index is -0.0130. The van der Waals surface area contributed by atoms with Crippen molar-refractivity contribution in [2.24, 2.45) is 11.7 Å². The van der Waals surface area contributed by atoms with E-state index in [9.17, 15) is 0 Å². The number of thiazole rings is 1. The smallest absolute Gasteiger partial charge is 0.112 e. The van der Waals surface area contributed by atoms with Crippen molar-refractivity contribution in [3.05, 3.63) is 16.6 Å². The standard InChI is InChI=1S/C12H21N3S/c1-12(2,11-14-5-6-16-11)15-8-9-3-4-10(13)7-9/h5-6,9-10,15H,3-4,7-8,13H2,1-2H3. The summed E-state index contributed by atoms with van der Waals surface area (Å²) < 4.78 is 0. The Morgan fingerprint density at radius 3 is 2.94 bits per heavy atom. The zero-order valence-corrected chi connectivity index (χ0v) is 10.9. The van der Waals surface area contributed by atoms with Crippen molar-refractivity contribution in [3.63, 3.8) is 0 Å². The van der Waals surface area contributed by atoms with E-state index in [1.54, 1.807) is 11.3 Å². The van der Waals surface area contributed by atoms with Gasteiger partial charge in [0.15, 0.2) is 0 Å². The fourth-order valence-electron chi connectivity index (χ4n) is 2.31. The van der Waals surface area contributed by atoms with Gasteiger partial charge in [0, 0.05) is 17.6 Å². The summed E-state index contributed by atoms with van der Waals surface area (Å²) in [6, 6.07) is 0.426. The van der Waals surface area contributed by atoms with Crippen LogP contribution in [0.1, 0.15) is 38.1 Å². The van der Waals surface area contributed by atoms with E-state index < -0.39 is 0 Å². The predicted molar refractivity (Wildman–Crippen MR) is 68.5 cm³/mol. The van der Waals surface area contributed by atoms with Crippen molar-refractivity contribution in [1.29, 1.82) is 0 Å². The first-order valence-electron chi connectivity index (χ1n) is 5.98. The zero-order valence-electron chi connectivity index (χ0n) is 10.1. The SMILES string of the molecule is CC(C)(NCC1CCC(N)C1)c1nccs1. The number of nitrogens with one attached hydrogen (secondary N) is 1. The molecule has 2 unspecified atom stereocenters. The second-order valence-corrected chi connectivity index (χ2v) is 6.18. The van der Waals surface area contributed by atoms with Crippen LogP contribution in [0.5, 0.6) is 0 Å². The van der Waals surface area contributed by atoms with Gasteiger partial charge >= 0.3 is 0 Å². The molecule has 4 heteroatoms. The van der Waals surface area contributed by atoms with Crippen LogP contribution in [0, 0.1) is 5.92 Å². The lowest BCUT2D eigenvalue weighted by Gasteiger charge is -2.25. The maximum Gasteiger partial charge on any atom is 0.112 e. The van der Waals surface area contributed by atoms with Crippen LogP contribution < -0.4 is 11.1 Å². The maximum absolute atomic E-state index is 5.92. The van der Waals surface area contributed by atoms with Gasteiger partial charge in [-0.1, -0.05) is 0 Å². The van der Waals surface area contributed by atoms with E-state index in [0.717, 1.165) is 17.5 Å². The fraction of sp³-hybridized carbons (Fsp3) is 0.750. The molecule has 16 heavy (non-hydrogen) atoms. The molecular formula is C12H21N3S. The van der Waals surface area contributed by atoms with E-state index in [0.29, 0.717) is 6.04 Å². The number of nitrogens with two attached hydrogens (primary N) is 1. The second kappa shape index (κ2) is 4.82. The Hall–Kier alpha value is -0.450. The van der Waals surface area contributed by atoms with Gasteiger partial charge in [0.05, 0.1) is 5.54 Å². The van der Waals surface area contributed by atoms with E-state index in [1.807, 2.05) is 11.6 Å². The Kier molecular flexibility index (Phi) is 3.62. The zero-order chi connectivity index (χ0) is 11.6. The first kappa shape index (κ1) is 12.0. The number of rotatable bonds is 4. The monoisotopic (exact) mass is 239 g/mol. The molecule has 1 aromatic heterocycles. The molecule has 3 nitrogen and oxygen atoms in total. The molecule has 1 aromatic rings. The lowest BCUT2D eigenvalue weighted by atomic mass is 10.0. The van der Waals surface area contributed by atoms with Crippen LogP contribution in [0.25, 0.3) is 0 Å². The molecule has 2 rings (SSSR count). The molecule has 3 N–H and O–H groups in total. The van der Waals surface area contributed by atoms with Crippen molar-refractivity contribution >= 4 is 11.3 Å². The van der Waals surface area contributed by atoms with Crippen LogP contribution in [-0.2, 0) is 5.54 Å². The van der Waals surface area contributed by atoms with Crippen LogP contribution >= 0.6 is 11.3 Å². The minimum absolute atomic E-state index is 0.0130. The van der Waals surface area contributed by atoms with E-state index in [-0.39, 0.29) is 5.54 Å². The number of nitrogens with zero attached hydrogens (tertiary/aromatic N) is 1. The highest BCUT2D eigenvalue weighted by atomic mass is 32.1. The van der Waals surface area contributed by atoms with Crippen LogP contribution in [0.2, 0.25) is 0 Å². The third kappa shape index (κ3) is 2.81. The third-order valence-corrected chi connectivity index (χ3v) is 4.48. The highest BCUT2D eigenvalue weighted by Gasteiger charge is 2.26. The van der Waals surface area contributed by atoms with Crippen LogP contribution in [0.4, 0.5) is 0 Å². The van der Waals surface area contributed by atoms with Crippen LogP contribution in [-0.4, -0.2) is 17.6 Å². The fourth-order valence-corrected chi connectivity index (χ4v) is 3.05. The van der Waals surface area contributed by atoms with Gasteiger partial charge in [0.2, 0.25) is 0 Å². The molecule has 1 saturated carbocycles. The van der Waals surface area contributed by atoms with Crippen molar-refractivity contribution in [2.45, 2.75) is 44.7 Å². The molecular weight excluding hydrogens is 218 g/mol. The summed E-state index contributed by atoms with van der Waals surface area (Å²) in [6.45, 7) is 5.45. The molecule has 0 aliphatic heterocycles. The van der Waals surface area contributed by atoms with Gasteiger partial charge in [-0.3, -0.25) is 0 Å². The Labute approximate surface area is 101 Å². The van der Waals surface area contributed by atoms with Crippen LogP contribution in [0.3, 0.4) is 0 Å². The second-order valence-electron chi connectivity index (χ2n) is 5.28. The topological polar surface area (TPSA) is 50.9 Å². The third-order valence-electron chi connectivity index (χ3n) is 3.38. The molecule has 0 aromatic carbocycles. The molecule has 90 valence electrons. The van der Waals surface area contributed by atoms with Gasteiger partial charge < -0.3 is 11.1 Å². The molecule has 0 bridgehead atoms. The van der Waals surface area contributed by atoms with Gasteiger partial charge in [-0.05, 0) is 45.6 Å². The molecule has 1 fully saturated rings. The molecule has 1 aliphatic carbocycles. The molecule has 1 heterocycles. The van der Waals surface area contributed by atoms with Gasteiger partial charge in [0.25, 0.3) is 0 Å². The van der Waals surface area contributed by atoms with Crippen molar-refractivity contribution in [1.82, 2.24) is 10.3 Å². The quantitative estimate of drug-likeness (QED) is 0.846. The Bertz CT molecular complexity index is 321. The number of aromatic nitrogens is 1. The maximum atomic E-state index is 5.92. The van der Waals surface area contributed by atoms with Gasteiger partial charge in [-0.2, -0.15) is 0 Å².